The Balaban J connectivity index is 1.96. The Morgan fingerprint density at radius 3 is 3.06 bits per heavy atom. The average Bonchev–Trinajstić information content (AvgIpc) is 2.83. The monoisotopic (exact) mass is 237 g/mol. The van der Waals surface area contributed by atoms with E-state index in [9.17, 15) is 9.59 Å². The van der Waals surface area contributed by atoms with Crippen molar-refractivity contribution < 1.29 is 9.53 Å². The summed E-state index contributed by atoms with van der Waals surface area (Å²) < 4.78 is 5.48. The first-order valence-electron chi connectivity index (χ1n) is 5.65. The average molecular weight is 237 g/mol. The Kier molecular flexibility index (Phi) is 3.53. The van der Waals surface area contributed by atoms with Crippen LogP contribution in [0.5, 0.6) is 0 Å². The zero-order valence-electron chi connectivity index (χ0n) is 9.60. The van der Waals surface area contributed by atoms with E-state index in [-0.39, 0.29) is 29.3 Å². The van der Waals surface area contributed by atoms with E-state index in [1.807, 2.05) is 6.92 Å². The van der Waals surface area contributed by atoms with E-state index in [1.165, 1.54) is 12.1 Å². The normalized spacial score (nSPS) is 21.1. The molecular weight excluding hydrogens is 222 g/mol. The number of H-pyrrole nitrogens is 1. The second kappa shape index (κ2) is 5.09. The van der Waals surface area contributed by atoms with Crippen molar-refractivity contribution in [3.05, 3.63) is 28.2 Å². The molecule has 92 valence electrons. The summed E-state index contributed by atoms with van der Waals surface area (Å²) in [6, 6.07) is 2.62. The van der Waals surface area contributed by atoms with Gasteiger partial charge in [0, 0.05) is 12.7 Å². The molecule has 0 saturated carbocycles. The van der Waals surface area contributed by atoms with Crippen molar-refractivity contribution >= 4 is 5.91 Å². The Labute approximate surface area is 98.4 Å². The molecule has 17 heavy (non-hydrogen) atoms. The number of aromatic nitrogens is 2. The molecular formula is C11H15N3O3. The molecule has 1 amide bonds. The van der Waals surface area contributed by atoms with Gasteiger partial charge in [-0.1, -0.05) is 0 Å². The molecule has 0 aliphatic carbocycles. The molecule has 0 bridgehead atoms. The summed E-state index contributed by atoms with van der Waals surface area (Å²) >= 11 is 0. The van der Waals surface area contributed by atoms with Crippen LogP contribution in [0.3, 0.4) is 0 Å². The van der Waals surface area contributed by atoms with Gasteiger partial charge in [0.15, 0.2) is 0 Å². The highest BCUT2D eigenvalue weighted by atomic mass is 16.5. The molecule has 0 aromatic carbocycles. The zero-order valence-corrected chi connectivity index (χ0v) is 9.60. The van der Waals surface area contributed by atoms with Gasteiger partial charge in [-0.25, -0.2) is 5.10 Å². The van der Waals surface area contributed by atoms with Gasteiger partial charge in [-0.2, -0.15) is 5.10 Å². The summed E-state index contributed by atoms with van der Waals surface area (Å²) in [5.74, 6) is -0.302. The Morgan fingerprint density at radius 2 is 2.47 bits per heavy atom. The van der Waals surface area contributed by atoms with Crippen molar-refractivity contribution in [2.45, 2.75) is 31.9 Å². The third-order valence-electron chi connectivity index (χ3n) is 2.79. The fourth-order valence-corrected chi connectivity index (χ4v) is 1.84. The number of ether oxygens (including phenoxy) is 1. The first kappa shape index (κ1) is 11.8. The zero-order chi connectivity index (χ0) is 12.3. The van der Waals surface area contributed by atoms with Gasteiger partial charge in [-0.05, 0) is 25.8 Å². The van der Waals surface area contributed by atoms with Crippen molar-refractivity contribution in [3.8, 4) is 0 Å². The van der Waals surface area contributed by atoms with E-state index >= 15 is 0 Å². The largest absolute Gasteiger partial charge is 0.376 e. The van der Waals surface area contributed by atoms with Gasteiger partial charge in [0.2, 0.25) is 0 Å². The first-order chi connectivity index (χ1) is 8.16. The van der Waals surface area contributed by atoms with Crippen LogP contribution < -0.4 is 10.9 Å². The lowest BCUT2D eigenvalue weighted by Gasteiger charge is -2.19. The molecule has 1 aliphatic heterocycles. The molecule has 1 aromatic heterocycles. The van der Waals surface area contributed by atoms with Crippen LogP contribution in [-0.4, -0.2) is 34.9 Å². The SMILES string of the molecule is C[C@H](NC(=O)c1ccc(=O)[nH]n1)[C@@H]1CCCO1. The van der Waals surface area contributed by atoms with Crippen LogP contribution in [0, 0.1) is 0 Å². The summed E-state index contributed by atoms with van der Waals surface area (Å²) in [7, 11) is 0. The minimum absolute atomic E-state index is 0.0567. The van der Waals surface area contributed by atoms with Crippen LogP contribution >= 0.6 is 0 Å². The number of carbonyl (C=O) groups excluding carboxylic acids is 1. The van der Waals surface area contributed by atoms with Gasteiger partial charge in [-0.15, -0.1) is 0 Å². The highest BCUT2D eigenvalue weighted by Gasteiger charge is 2.24. The van der Waals surface area contributed by atoms with Gasteiger partial charge in [-0.3, -0.25) is 9.59 Å². The standard InChI is InChI=1S/C11H15N3O3/c1-7(9-3-2-6-17-9)12-11(16)8-4-5-10(15)14-13-8/h4-5,7,9H,2-3,6H2,1H3,(H,12,16)(H,14,15)/t7-,9-/m0/s1. The maximum Gasteiger partial charge on any atom is 0.272 e. The number of aromatic amines is 1. The predicted molar refractivity (Wildman–Crippen MR) is 60.8 cm³/mol. The van der Waals surface area contributed by atoms with Crippen LogP contribution in [0.25, 0.3) is 0 Å². The molecule has 0 unspecified atom stereocenters. The first-order valence-corrected chi connectivity index (χ1v) is 5.65. The lowest BCUT2D eigenvalue weighted by Crippen LogP contribution is -2.41. The second-order valence-corrected chi connectivity index (χ2v) is 4.12. The number of nitrogens with zero attached hydrogens (tertiary/aromatic N) is 1. The van der Waals surface area contributed by atoms with Gasteiger partial charge in [0.25, 0.3) is 11.5 Å². The van der Waals surface area contributed by atoms with E-state index in [1.54, 1.807) is 0 Å². The molecule has 6 heteroatoms. The van der Waals surface area contributed by atoms with Gasteiger partial charge >= 0.3 is 0 Å². The Bertz CT molecular complexity index is 431. The predicted octanol–water partition coefficient (Wildman–Crippen LogP) is 0.0672. The van der Waals surface area contributed by atoms with Crippen LogP contribution in [0.2, 0.25) is 0 Å². The number of hydrogen-bond acceptors (Lipinski definition) is 4. The highest BCUT2D eigenvalue weighted by molar-refractivity contribution is 5.92. The number of carbonyl (C=O) groups is 1. The fourth-order valence-electron chi connectivity index (χ4n) is 1.84. The van der Waals surface area contributed by atoms with Gasteiger partial charge in [0.1, 0.15) is 5.69 Å². The van der Waals surface area contributed by atoms with E-state index < -0.39 is 0 Å². The molecule has 2 heterocycles. The van der Waals surface area contributed by atoms with Crippen molar-refractivity contribution in [1.82, 2.24) is 15.5 Å². The molecule has 2 rings (SSSR count). The van der Waals surface area contributed by atoms with E-state index in [0.29, 0.717) is 0 Å². The molecule has 0 radical (unpaired) electrons. The summed E-state index contributed by atoms with van der Waals surface area (Å²) in [4.78, 5) is 22.6. The Hall–Kier alpha value is -1.69. The molecule has 1 aliphatic rings. The Morgan fingerprint density at radius 1 is 1.65 bits per heavy atom. The van der Waals surface area contributed by atoms with Crippen molar-refractivity contribution in [2.24, 2.45) is 0 Å². The quantitative estimate of drug-likeness (QED) is 0.779. The molecule has 0 spiro atoms. The highest BCUT2D eigenvalue weighted by Crippen LogP contribution is 2.15. The number of amides is 1. The molecule has 1 fully saturated rings. The molecule has 6 nitrogen and oxygen atoms in total. The van der Waals surface area contributed by atoms with E-state index in [2.05, 4.69) is 15.5 Å². The lowest BCUT2D eigenvalue weighted by molar-refractivity contribution is 0.0709. The van der Waals surface area contributed by atoms with Crippen molar-refractivity contribution in [2.75, 3.05) is 6.61 Å². The van der Waals surface area contributed by atoms with Crippen LogP contribution in [-0.2, 0) is 4.74 Å². The van der Waals surface area contributed by atoms with E-state index in [0.717, 1.165) is 19.4 Å². The summed E-state index contributed by atoms with van der Waals surface area (Å²) in [6.07, 6.45) is 2.06. The number of nitrogens with one attached hydrogen (secondary N) is 2. The molecule has 1 saturated heterocycles. The smallest absolute Gasteiger partial charge is 0.272 e. The summed E-state index contributed by atoms with van der Waals surface area (Å²) in [6.45, 7) is 2.65. The van der Waals surface area contributed by atoms with Gasteiger partial charge < -0.3 is 10.1 Å². The topological polar surface area (TPSA) is 84.1 Å². The van der Waals surface area contributed by atoms with E-state index in [4.69, 9.17) is 4.74 Å². The van der Waals surface area contributed by atoms with Crippen LogP contribution in [0.4, 0.5) is 0 Å². The summed E-state index contributed by atoms with van der Waals surface area (Å²) in [5, 5.41) is 8.70. The van der Waals surface area contributed by atoms with Crippen molar-refractivity contribution in [1.29, 1.82) is 0 Å². The van der Waals surface area contributed by atoms with Crippen LogP contribution in [0.1, 0.15) is 30.3 Å². The fraction of sp³-hybridized carbons (Fsp3) is 0.545. The molecule has 2 atom stereocenters. The molecule has 2 N–H and O–H groups in total. The minimum Gasteiger partial charge on any atom is -0.376 e. The van der Waals surface area contributed by atoms with Gasteiger partial charge in [0.05, 0.1) is 12.1 Å². The van der Waals surface area contributed by atoms with Crippen LogP contribution in [0.15, 0.2) is 16.9 Å². The third-order valence-corrected chi connectivity index (χ3v) is 2.79. The lowest BCUT2D eigenvalue weighted by atomic mass is 10.1. The third kappa shape index (κ3) is 2.91. The number of rotatable bonds is 3. The number of hydrogen-bond donors (Lipinski definition) is 2. The molecule has 1 aromatic rings. The second-order valence-electron chi connectivity index (χ2n) is 4.12. The summed E-state index contributed by atoms with van der Waals surface area (Å²) in [5.41, 5.74) is -0.122. The maximum absolute atomic E-state index is 11.8. The van der Waals surface area contributed by atoms with Crippen molar-refractivity contribution in [3.63, 3.8) is 0 Å². The minimum atomic E-state index is -0.325. The maximum atomic E-state index is 11.8.